The molecule has 3 aliphatic rings. The summed E-state index contributed by atoms with van der Waals surface area (Å²) in [5.41, 5.74) is 2.59. The highest BCUT2D eigenvalue weighted by Gasteiger charge is 2.31. The molecule has 2 aromatic rings. The first kappa shape index (κ1) is 18.9. The van der Waals surface area contributed by atoms with Crippen LogP contribution in [0.1, 0.15) is 12.1 Å². The molecule has 0 radical (unpaired) electrons. The third kappa shape index (κ3) is 3.70. The molecule has 0 unspecified atom stereocenters. The van der Waals surface area contributed by atoms with Crippen molar-refractivity contribution in [3.8, 4) is 11.4 Å². The lowest BCUT2D eigenvalue weighted by atomic mass is 9.87. The van der Waals surface area contributed by atoms with E-state index >= 15 is 0 Å². The zero-order valence-corrected chi connectivity index (χ0v) is 16.3. The number of halogens is 2. The monoisotopic (exact) mass is 409 g/mol. The normalized spacial score (nSPS) is 21.9. The highest BCUT2D eigenvalue weighted by molar-refractivity contribution is 6.00. The molecule has 2 aliphatic heterocycles. The number of amidine groups is 1. The van der Waals surface area contributed by atoms with E-state index in [1.807, 2.05) is 12.2 Å². The van der Waals surface area contributed by atoms with E-state index in [1.165, 1.54) is 17.7 Å². The molecular formula is C22H21F2N5O. The number of carbonyl (C=O) groups is 1. The first-order valence-electron chi connectivity index (χ1n) is 10.00. The van der Waals surface area contributed by atoms with Gasteiger partial charge in [0.25, 0.3) is 0 Å². The minimum absolute atomic E-state index is 0.137. The Kier molecular flexibility index (Phi) is 4.78. The molecule has 3 heterocycles. The van der Waals surface area contributed by atoms with Crippen molar-refractivity contribution in [2.75, 3.05) is 19.6 Å². The van der Waals surface area contributed by atoms with Crippen molar-refractivity contribution in [1.82, 2.24) is 19.9 Å². The molecule has 0 spiro atoms. The summed E-state index contributed by atoms with van der Waals surface area (Å²) in [7, 11) is 0. The summed E-state index contributed by atoms with van der Waals surface area (Å²) >= 11 is 0. The van der Waals surface area contributed by atoms with Gasteiger partial charge in [0.1, 0.15) is 17.8 Å². The van der Waals surface area contributed by atoms with Gasteiger partial charge in [0.05, 0.1) is 24.9 Å². The van der Waals surface area contributed by atoms with Gasteiger partial charge in [-0.1, -0.05) is 18.2 Å². The maximum absolute atomic E-state index is 13.3. The summed E-state index contributed by atoms with van der Waals surface area (Å²) in [6.07, 6.45) is 6.85. The molecule has 5 rings (SSSR count). The number of rotatable bonds is 4. The maximum atomic E-state index is 13.3. The fourth-order valence-corrected chi connectivity index (χ4v) is 4.03. The molecule has 1 N–H and O–H groups in total. The predicted molar refractivity (Wildman–Crippen MR) is 109 cm³/mol. The highest BCUT2D eigenvalue weighted by atomic mass is 19.1. The lowest BCUT2D eigenvalue weighted by Crippen LogP contribution is -2.52. The molecule has 1 aromatic carbocycles. The second-order valence-corrected chi connectivity index (χ2v) is 7.87. The van der Waals surface area contributed by atoms with Crippen LogP contribution < -0.4 is 5.32 Å². The number of hydrogen-bond donors (Lipinski definition) is 1. The Hall–Kier alpha value is -3.13. The van der Waals surface area contributed by atoms with Crippen LogP contribution in [0.4, 0.5) is 8.78 Å². The average Bonchev–Trinajstić information content (AvgIpc) is 3.00. The predicted octanol–water partition coefficient (Wildman–Crippen LogP) is 2.68. The third-order valence-corrected chi connectivity index (χ3v) is 5.64. The van der Waals surface area contributed by atoms with Gasteiger partial charge in [-0.2, -0.15) is 5.10 Å². The molecule has 1 atom stereocenters. The van der Waals surface area contributed by atoms with E-state index in [9.17, 15) is 13.6 Å². The first-order chi connectivity index (χ1) is 14.5. The smallest absolute Gasteiger partial charge is 0.231 e. The van der Waals surface area contributed by atoms with Crippen molar-refractivity contribution in [3.63, 3.8) is 0 Å². The van der Waals surface area contributed by atoms with Gasteiger partial charge in [-0.3, -0.25) is 9.69 Å². The minimum Gasteiger partial charge on any atom is -0.311 e. The molecule has 1 saturated heterocycles. The second kappa shape index (κ2) is 7.60. The molecule has 1 fully saturated rings. The van der Waals surface area contributed by atoms with Crippen molar-refractivity contribution in [2.24, 2.45) is 11.0 Å². The number of amides is 1. The van der Waals surface area contributed by atoms with E-state index in [4.69, 9.17) is 0 Å². The van der Waals surface area contributed by atoms with Crippen molar-refractivity contribution in [3.05, 3.63) is 65.8 Å². The average molecular weight is 409 g/mol. The Balaban J connectivity index is 1.33. The molecular weight excluding hydrogens is 388 g/mol. The number of nitrogens with one attached hydrogen (secondary N) is 1. The van der Waals surface area contributed by atoms with Gasteiger partial charge < -0.3 is 5.32 Å². The molecule has 0 bridgehead atoms. The van der Waals surface area contributed by atoms with Crippen LogP contribution in [-0.2, 0) is 11.2 Å². The van der Waals surface area contributed by atoms with E-state index in [-0.39, 0.29) is 18.1 Å². The minimum atomic E-state index is -0.875. The summed E-state index contributed by atoms with van der Waals surface area (Å²) in [6.45, 7) is 2.18. The highest BCUT2D eigenvalue weighted by Crippen LogP contribution is 2.28. The standard InChI is InChI=1S/C22H21F2N5O/c23-17-5-1-14(2-6-17)16-11-28(12-16)13-20-26-21(30)9-19-10-25-22(29(19)27-20)15-3-7-18(24)8-4-15/h1-5,7-8,10,16-17H,6,9,11-13H2,(H,26,27,30)/t17-/m1/s1. The van der Waals surface area contributed by atoms with Crippen molar-refractivity contribution >= 4 is 11.7 Å². The SMILES string of the molecule is O=C1Cc2cnc(-c3ccc(F)cc3)n2N=C(CN2CC(C3=CC[C@H](F)C=C3)C2)N1. The molecule has 1 aliphatic carbocycles. The van der Waals surface area contributed by atoms with Gasteiger partial charge in [-0.05, 0) is 29.8 Å². The number of carbonyl (C=O) groups excluding carboxylic acids is 1. The van der Waals surface area contributed by atoms with E-state index in [1.54, 1.807) is 29.1 Å². The van der Waals surface area contributed by atoms with Crippen LogP contribution in [0.25, 0.3) is 11.4 Å². The Morgan fingerprint density at radius 1 is 1.20 bits per heavy atom. The molecule has 154 valence electrons. The van der Waals surface area contributed by atoms with Crippen LogP contribution in [-0.4, -0.2) is 52.1 Å². The number of imidazole rings is 1. The number of likely N-dealkylation sites (tertiary alicyclic amines) is 1. The van der Waals surface area contributed by atoms with E-state index in [0.717, 1.165) is 18.7 Å². The van der Waals surface area contributed by atoms with Gasteiger partial charge in [0.15, 0.2) is 5.82 Å². The lowest BCUT2D eigenvalue weighted by Gasteiger charge is -2.40. The largest absolute Gasteiger partial charge is 0.311 e. The Morgan fingerprint density at radius 2 is 2.00 bits per heavy atom. The second-order valence-electron chi connectivity index (χ2n) is 7.87. The molecule has 1 aromatic heterocycles. The number of hydrogen-bond acceptors (Lipinski definition) is 4. The zero-order chi connectivity index (χ0) is 20.7. The summed E-state index contributed by atoms with van der Waals surface area (Å²) < 4.78 is 28.2. The van der Waals surface area contributed by atoms with E-state index in [2.05, 4.69) is 20.3 Å². The number of aromatic nitrogens is 2. The molecule has 8 heteroatoms. The van der Waals surface area contributed by atoms with Gasteiger partial charge >= 0.3 is 0 Å². The summed E-state index contributed by atoms with van der Waals surface area (Å²) in [5.74, 6) is 1.05. The first-order valence-corrected chi connectivity index (χ1v) is 10.00. The van der Waals surface area contributed by atoms with Crippen LogP contribution in [0.2, 0.25) is 0 Å². The summed E-state index contributed by atoms with van der Waals surface area (Å²) in [6, 6.07) is 6.05. The van der Waals surface area contributed by atoms with Gasteiger partial charge in [0, 0.05) is 31.0 Å². The molecule has 1 amide bonds. The third-order valence-electron chi connectivity index (χ3n) is 5.64. The van der Waals surface area contributed by atoms with E-state index in [0.29, 0.717) is 36.2 Å². The maximum Gasteiger partial charge on any atom is 0.231 e. The number of allylic oxidation sites excluding steroid dienone is 3. The van der Waals surface area contributed by atoms with Crippen LogP contribution >= 0.6 is 0 Å². The zero-order valence-electron chi connectivity index (χ0n) is 16.3. The fraction of sp³-hybridized carbons (Fsp3) is 0.318. The number of fused-ring (bicyclic) bond motifs is 1. The van der Waals surface area contributed by atoms with Gasteiger partial charge in [0.2, 0.25) is 5.91 Å². The molecule has 6 nitrogen and oxygen atoms in total. The van der Waals surface area contributed by atoms with Crippen LogP contribution in [0, 0.1) is 11.7 Å². The number of nitrogens with zero attached hydrogens (tertiary/aromatic N) is 4. The Bertz CT molecular complexity index is 1060. The van der Waals surface area contributed by atoms with E-state index < -0.39 is 6.17 Å². The lowest BCUT2D eigenvalue weighted by molar-refractivity contribution is -0.119. The fourth-order valence-electron chi connectivity index (χ4n) is 4.03. The number of benzene rings is 1. The van der Waals surface area contributed by atoms with Crippen LogP contribution in [0.3, 0.4) is 0 Å². The quantitative estimate of drug-likeness (QED) is 0.845. The summed E-state index contributed by atoms with van der Waals surface area (Å²) in [5, 5.41) is 7.52. The Morgan fingerprint density at radius 3 is 2.73 bits per heavy atom. The van der Waals surface area contributed by atoms with Crippen molar-refractivity contribution in [1.29, 1.82) is 0 Å². The molecule has 0 saturated carbocycles. The number of alkyl halides is 1. The molecule has 30 heavy (non-hydrogen) atoms. The van der Waals surface area contributed by atoms with Gasteiger partial charge in [-0.15, -0.1) is 0 Å². The topological polar surface area (TPSA) is 62.5 Å². The van der Waals surface area contributed by atoms with Crippen molar-refractivity contribution < 1.29 is 13.6 Å². The van der Waals surface area contributed by atoms with Gasteiger partial charge in [-0.25, -0.2) is 18.4 Å². The van der Waals surface area contributed by atoms with Crippen LogP contribution in [0.15, 0.2) is 59.4 Å². The Labute approximate surface area is 172 Å². The van der Waals surface area contributed by atoms with Crippen LogP contribution in [0.5, 0.6) is 0 Å². The summed E-state index contributed by atoms with van der Waals surface area (Å²) in [4.78, 5) is 18.9. The van der Waals surface area contributed by atoms with Crippen molar-refractivity contribution in [2.45, 2.75) is 19.0 Å².